The predicted octanol–water partition coefficient (Wildman–Crippen LogP) is 1.72. The lowest BCUT2D eigenvalue weighted by molar-refractivity contribution is 0.385. The van der Waals surface area contributed by atoms with Gasteiger partial charge in [-0.15, -0.1) is 0 Å². The van der Waals surface area contributed by atoms with Gasteiger partial charge in [-0.3, -0.25) is 0 Å². The monoisotopic (exact) mass is 155 g/mol. The van der Waals surface area contributed by atoms with Crippen molar-refractivity contribution in [3.05, 3.63) is 23.5 Å². The van der Waals surface area contributed by atoms with E-state index < -0.39 is 0 Å². The number of hydrogen-bond donors (Lipinski definition) is 1. The van der Waals surface area contributed by atoms with Gasteiger partial charge in [0.25, 0.3) is 0 Å². The van der Waals surface area contributed by atoms with E-state index in [1.807, 2.05) is 0 Å². The third-order valence-electron chi connectivity index (χ3n) is 1.61. The van der Waals surface area contributed by atoms with Gasteiger partial charge in [0.15, 0.2) is 11.6 Å². The highest BCUT2D eigenvalue weighted by atomic mass is 19.1. The fraction of sp³-hybridized carbons (Fsp3) is 0.250. The van der Waals surface area contributed by atoms with Gasteiger partial charge in [0.1, 0.15) is 0 Å². The Labute approximate surface area is 64.8 Å². The molecule has 0 spiro atoms. The normalized spacial score (nSPS) is 9.73. The van der Waals surface area contributed by atoms with Crippen molar-refractivity contribution in [2.75, 3.05) is 12.8 Å². The Bertz CT molecular complexity index is 273. The number of halogens is 1. The molecule has 0 atom stereocenters. The van der Waals surface area contributed by atoms with Crippen molar-refractivity contribution in [2.24, 2.45) is 0 Å². The molecular formula is C8H10FNO. The molecule has 0 heterocycles. The summed E-state index contributed by atoms with van der Waals surface area (Å²) in [5.41, 5.74) is 6.33. The fourth-order valence-electron chi connectivity index (χ4n) is 0.833. The van der Waals surface area contributed by atoms with E-state index in [-0.39, 0.29) is 11.6 Å². The lowest BCUT2D eigenvalue weighted by Gasteiger charge is -2.05. The number of nitrogen functional groups attached to an aromatic ring is 1. The SMILES string of the molecule is COc1ccc(N)c(C)c1F. The van der Waals surface area contributed by atoms with E-state index in [9.17, 15) is 4.39 Å². The van der Waals surface area contributed by atoms with E-state index in [0.29, 0.717) is 11.3 Å². The maximum Gasteiger partial charge on any atom is 0.169 e. The van der Waals surface area contributed by atoms with E-state index in [0.717, 1.165) is 0 Å². The lowest BCUT2D eigenvalue weighted by Crippen LogP contribution is -1.95. The van der Waals surface area contributed by atoms with Crippen molar-refractivity contribution in [2.45, 2.75) is 6.92 Å². The number of nitrogens with two attached hydrogens (primary N) is 1. The van der Waals surface area contributed by atoms with Crippen molar-refractivity contribution in [3.8, 4) is 5.75 Å². The van der Waals surface area contributed by atoms with Crippen LogP contribution >= 0.6 is 0 Å². The topological polar surface area (TPSA) is 35.2 Å². The molecule has 0 saturated heterocycles. The Kier molecular flexibility index (Phi) is 1.98. The molecule has 2 N–H and O–H groups in total. The van der Waals surface area contributed by atoms with Gasteiger partial charge in [-0.05, 0) is 19.1 Å². The molecule has 0 fully saturated rings. The summed E-state index contributed by atoms with van der Waals surface area (Å²) in [5, 5.41) is 0. The van der Waals surface area contributed by atoms with Crippen molar-refractivity contribution in [3.63, 3.8) is 0 Å². The van der Waals surface area contributed by atoms with E-state index in [4.69, 9.17) is 10.5 Å². The summed E-state index contributed by atoms with van der Waals surface area (Å²) < 4.78 is 17.8. The molecule has 11 heavy (non-hydrogen) atoms. The van der Waals surface area contributed by atoms with Crippen molar-refractivity contribution in [1.29, 1.82) is 0 Å². The summed E-state index contributed by atoms with van der Waals surface area (Å²) in [5.74, 6) is -0.149. The average molecular weight is 155 g/mol. The number of benzene rings is 1. The maximum absolute atomic E-state index is 13.1. The zero-order valence-electron chi connectivity index (χ0n) is 6.52. The molecule has 0 saturated carbocycles. The number of rotatable bonds is 1. The molecule has 0 unspecified atom stereocenters. The molecule has 3 heteroatoms. The van der Waals surface area contributed by atoms with Crippen LogP contribution in [0.5, 0.6) is 5.75 Å². The highest BCUT2D eigenvalue weighted by Gasteiger charge is 2.06. The summed E-state index contributed by atoms with van der Waals surface area (Å²) in [7, 11) is 1.42. The Morgan fingerprint density at radius 3 is 2.64 bits per heavy atom. The van der Waals surface area contributed by atoms with Crippen LogP contribution in [0.15, 0.2) is 12.1 Å². The second kappa shape index (κ2) is 2.78. The summed E-state index contributed by atoms with van der Waals surface area (Å²) in [6.07, 6.45) is 0. The van der Waals surface area contributed by atoms with Crippen molar-refractivity contribution in [1.82, 2.24) is 0 Å². The number of ether oxygens (including phenoxy) is 1. The third kappa shape index (κ3) is 1.27. The van der Waals surface area contributed by atoms with Crippen LogP contribution < -0.4 is 10.5 Å². The summed E-state index contributed by atoms with van der Waals surface area (Å²) >= 11 is 0. The molecule has 1 aromatic rings. The Hall–Kier alpha value is -1.25. The second-order valence-corrected chi connectivity index (χ2v) is 2.30. The minimum absolute atomic E-state index is 0.233. The first-order chi connectivity index (χ1) is 5.16. The van der Waals surface area contributed by atoms with Crippen LogP contribution in [0, 0.1) is 12.7 Å². The van der Waals surface area contributed by atoms with Crippen LogP contribution in [-0.4, -0.2) is 7.11 Å². The van der Waals surface area contributed by atoms with Crippen LogP contribution in [0.1, 0.15) is 5.56 Å². The zero-order chi connectivity index (χ0) is 8.43. The molecule has 0 aliphatic heterocycles. The smallest absolute Gasteiger partial charge is 0.169 e. The van der Waals surface area contributed by atoms with Crippen molar-refractivity contribution < 1.29 is 9.13 Å². The van der Waals surface area contributed by atoms with Crippen LogP contribution in [-0.2, 0) is 0 Å². The van der Waals surface area contributed by atoms with Gasteiger partial charge < -0.3 is 10.5 Å². The summed E-state index contributed by atoms with van der Waals surface area (Å²) in [4.78, 5) is 0. The third-order valence-corrected chi connectivity index (χ3v) is 1.61. The van der Waals surface area contributed by atoms with Crippen LogP contribution in [0.25, 0.3) is 0 Å². The number of anilines is 1. The zero-order valence-corrected chi connectivity index (χ0v) is 6.52. The standard InChI is InChI=1S/C8H10FNO/c1-5-6(10)3-4-7(11-2)8(5)9/h3-4H,10H2,1-2H3. The van der Waals surface area contributed by atoms with E-state index in [2.05, 4.69) is 0 Å². The van der Waals surface area contributed by atoms with Crippen molar-refractivity contribution >= 4 is 5.69 Å². The molecule has 1 rings (SSSR count). The molecule has 0 amide bonds. The average Bonchev–Trinajstić information content (AvgIpc) is 2.01. The van der Waals surface area contributed by atoms with E-state index >= 15 is 0 Å². The van der Waals surface area contributed by atoms with Crippen LogP contribution in [0.4, 0.5) is 10.1 Å². The van der Waals surface area contributed by atoms with Gasteiger partial charge in [0.05, 0.1) is 7.11 Å². The van der Waals surface area contributed by atoms with Crippen LogP contribution in [0.2, 0.25) is 0 Å². The minimum atomic E-state index is -0.382. The highest BCUT2D eigenvalue weighted by Crippen LogP contribution is 2.23. The fourth-order valence-corrected chi connectivity index (χ4v) is 0.833. The highest BCUT2D eigenvalue weighted by molar-refractivity contribution is 5.50. The van der Waals surface area contributed by atoms with Gasteiger partial charge >= 0.3 is 0 Å². The first-order valence-electron chi connectivity index (χ1n) is 3.25. The number of methoxy groups -OCH3 is 1. The summed E-state index contributed by atoms with van der Waals surface area (Å²) in [6.45, 7) is 1.62. The first kappa shape index (κ1) is 7.85. The van der Waals surface area contributed by atoms with Gasteiger partial charge in [-0.2, -0.15) is 0 Å². The van der Waals surface area contributed by atoms with Gasteiger partial charge in [-0.1, -0.05) is 0 Å². The molecule has 0 radical (unpaired) electrons. The molecule has 2 nitrogen and oxygen atoms in total. The molecule has 0 aromatic heterocycles. The predicted molar refractivity (Wildman–Crippen MR) is 42.1 cm³/mol. The second-order valence-electron chi connectivity index (χ2n) is 2.30. The largest absolute Gasteiger partial charge is 0.494 e. The van der Waals surface area contributed by atoms with Gasteiger partial charge in [0.2, 0.25) is 0 Å². The minimum Gasteiger partial charge on any atom is -0.494 e. The Balaban J connectivity index is 3.25. The van der Waals surface area contributed by atoms with Crippen LogP contribution in [0.3, 0.4) is 0 Å². The van der Waals surface area contributed by atoms with Gasteiger partial charge in [0, 0.05) is 11.3 Å². The molecule has 1 aromatic carbocycles. The first-order valence-corrected chi connectivity index (χ1v) is 3.25. The molecule has 60 valence electrons. The molecule has 0 aliphatic carbocycles. The quantitative estimate of drug-likeness (QED) is 0.627. The number of hydrogen-bond acceptors (Lipinski definition) is 2. The Morgan fingerprint density at radius 2 is 2.09 bits per heavy atom. The molecule has 0 bridgehead atoms. The summed E-state index contributed by atoms with van der Waals surface area (Å²) in [6, 6.07) is 3.13. The Morgan fingerprint density at radius 1 is 1.45 bits per heavy atom. The lowest BCUT2D eigenvalue weighted by atomic mass is 10.2. The van der Waals surface area contributed by atoms with E-state index in [1.165, 1.54) is 13.2 Å². The molecular weight excluding hydrogens is 145 g/mol. The van der Waals surface area contributed by atoms with E-state index in [1.54, 1.807) is 13.0 Å². The maximum atomic E-state index is 13.1. The molecule has 0 aliphatic rings. The van der Waals surface area contributed by atoms with Gasteiger partial charge in [-0.25, -0.2) is 4.39 Å².